The Labute approximate surface area is 138 Å². The normalized spacial score (nSPS) is 18.2. The summed E-state index contributed by atoms with van der Waals surface area (Å²) in [5, 5.41) is 10.4. The summed E-state index contributed by atoms with van der Waals surface area (Å²) in [6, 6.07) is 12.5. The summed E-state index contributed by atoms with van der Waals surface area (Å²) >= 11 is 1.27. The molecule has 2 heterocycles. The molecule has 1 aliphatic rings. The lowest BCUT2D eigenvalue weighted by molar-refractivity contribution is -0.121. The molecule has 116 valence electrons. The van der Waals surface area contributed by atoms with E-state index >= 15 is 0 Å². The standard InChI is InChI=1S/C17H15N3O2S/c1-11-6-5-9-15(18-11)19-17-20(2)16(22)14(23-17)10-12-7-3-4-8-13(12)21/h3-10,21H,1-2H3/b14-10-,19-17+. The zero-order chi connectivity index (χ0) is 16.4. The largest absolute Gasteiger partial charge is 0.507 e. The number of amidine groups is 1. The molecular formula is C17H15N3O2S. The van der Waals surface area contributed by atoms with E-state index in [4.69, 9.17) is 0 Å². The van der Waals surface area contributed by atoms with Gasteiger partial charge >= 0.3 is 0 Å². The van der Waals surface area contributed by atoms with Gasteiger partial charge in [0, 0.05) is 18.3 Å². The minimum Gasteiger partial charge on any atom is -0.507 e. The van der Waals surface area contributed by atoms with Crippen LogP contribution in [0.25, 0.3) is 6.08 Å². The third-order valence-electron chi connectivity index (χ3n) is 3.31. The molecule has 1 aliphatic heterocycles. The summed E-state index contributed by atoms with van der Waals surface area (Å²) in [6.07, 6.45) is 1.67. The van der Waals surface area contributed by atoms with E-state index in [2.05, 4.69) is 9.98 Å². The number of pyridine rings is 1. The molecule has 0 spiro atoms. The number of likely N-dealkylation sites (N-methyl/N-ethyl adjacent to an activating group) is 1. The van der Waals surface area contributed by atoms with Gasteiger partial charge in [0.05, 0.1) is 4.91 Å². The van der Waals surface area contributed by atoms with E-state index in [1.165, 1.54) is 16.7 Å². The molecule has 0 saturated carbocycles. The molecule has 0 aliphatic carbocycles. The predicted octanol–water partition coefficient (Wildman–Crippen LogP) is 3.33. The molecule has 1 aromatic heterocycles. The number of phenolic OH excluding ortho intramolecular Hbond substituents is 1. The number of amides is 1. The van der Waals surface area contributed by atoms with Crippen LogP contribution in [0.3, 0.4) is 0 Å². The number of rotatable bonds is 2. The molecule has 0 atom stereocenters. The van der Waals surface area contributed by atoms with Crippen molar-refractivity contribution in [2.45, 2.75) is 6.92 Å². The number of hydrogen-bond acceptors (Lipinski definition) is 5. The number of para-hydroxylation sites is 1. The van der Waals surface area contributed by atoms with Gasteiger partial charge < -0.3 is 5.11 Å². The number of aryl methyl sites for hydroxylation is 1. The van der Waals surface area contributed by atoms with E-state index in [0.29, 0.717) is 21.5 Å². The first-order valence-electron chi connectivity index (χ1n) is 7.02. The topological polar surface area (TPSA) is 65.8 Å². The Bertz CT molecular complexity index is 830. The number of aromatic hydroxyl groups is 1. The van der Waals surface area contributed by atoms with Gasteiger partial charge in [0.2, 0.25) is 0 Å². The first kappa shape index (κ1) is 15.3. The SMILES string of the molecule is Cc1cccc(/N=C2/S/C(=C\c3ccccc3O)C(=O)N2C)n1. The van der Waals surface area contributed by atoms with Crippen molar-refractivity contribution in [1.29, 1.82) is 0 Å². The first-order valence-corrected chi connectivity index (χ1v) is 7.84. The van der Waals surface area contributed by atoms with Gasteiger partial charge in [-0.15, -0.1) is 0 Å². The van der Waals surface area contributed by atoms with E-state index in [-0.39, 0.29) is 11.7 Å². The van der Waals surface area contributed by atoms with Crippen LogP contribution in [-0.2, 0) is 4.79 Å². The van der Waals surface area contributed by atoms with Crippen molar-refractivity contribution in [3.63, 3.8) is 0 Å². The summed E-state index contributed by atoms with van der Waals surface area (Å²) in [6.45, 7) is 1.89. The second kappa shape index (κ2) is 6.26. The van der Waals surface area contributed by atoms with Crippen molar-refractivity contribution in [2.75, 3.05) is 7.05 Å². The van der Waals surface area contributed by atoms with E-state index < -0.39 is 0 Å². The van der Waals surface area contributed by atoms with Gasteiger partial charge in [-0.25, -0.2) is 9.98 Å². The molecule has 0 bridgehead atoms. The van der Waals surface area contributed by atoms with Crippen LogP contribution in [0, 0.1) is 6.92 Å². The highest BCUT2D eigenvalue weighted by atomic mass is 32.2. The van der Waals surface area contributed by atoms with E-state index in [1.54, 1.807) is 37.4 Å². The highest BCUT2D eigenvalue weighted by Crippen LogP contribution is 2.34. The number of aromatic nitrogens is 1. The highest BCUT2D eigenvalue weighted by molar-refractivity contribution is 8.18. The maximum atomic E-state index is 12.3. The molecule has 1 saturated heterocycles. The third kappa shape index (κ3) is 3.27. The number of carbonyl (C=O) groups is 1. The van der Waals surface area contributed by atoms with Crippen LogP contribution in [0.1, 0.15) is 11.3 Å². The van der Waals surface area contributed by atoms with E-state index in [1.807, 2.05) is 25.1 Å². The molecule has 1 N–H and O–H groups in total. The Morgan fingerprint density at radius 1 is 1.22 bits per heavy atom. The number of nitrogens with zero attached hydrogens (tertiary/aromatic N) is 3. The minimum absolute atomic E-state index is 0.141. The molecule has 0 unspecified atom stereocenters. The lowest BCUT2D eigenvalue weighted by Gasteiger charge is -2.06. The van der Waals surface area contributed by atoms with Crippen molar-refractivity contribution in [3.05, 3.63) is 58.6 Å². The Morgan fingerprint density at radius 3 is 2.74 bits per heavy atom. The fourth-order valence-corrected chi connectivity index (χ4v) is 3.06. The number of hydrogen-bond donors (Lipinski definition) is 1. The lowest BCUT2D eigenvalue weighted by atomic mass is 10.2. The smallest absolute Gasteiger partial charge is 0.266 e. The lowest BCUT2D eigenvalue weighted by Crippen LogP contribution is -2.23. The molecule has 23 heavy (non-hydrogen) atoms. The molecule has 2 aromatic rings. The van der Waals surface area contributed by atoms with Gasteiger partial charge in [0.1, 0.15) is 5.75 Å². The maximum absolute atomic E-state index is 12.3. The van der Waals surface area contributed by atoms with Gasteiger partial charge in [0.25, 0.3) is 5.91 Å². The Balaban J connectivity index is 1.93. The highest BCUT2D eigenvalue weighted by Gasteiger charge is 2.30. The van der Waals surface area contributed by atoms with Gasteiger partial charge in [-0.2, -0.15) is 0 Å². The fourth-order valence-electron chi connectivity index (χ4n) is 2.09. The third-order valence-corrected chi connectivity index (χ3v) is 4.37. The number of benzene rings is 1. The van der Waals surface area contributed by atoms with Crippen LogP contribution in [-0.4, -0.2) is 33.1 Å². The van der Waals surface area contributed by atoms with Crippen molar-refractivity contribution in [1.82, 2.24) is 9.88 Å². The Kier molecular flexibility index (Phi) is 4.16. The summed E-state index contributed by atoms with van der Waals surface area (Å²) in [7, 11) is 1.68. The summed E-state index contributed by atoms with van der Waals surface area (Å²) < 4.78 is 0. The quantitative estimate of drug-likeness (QED) is 0.860. The maximum Gasteiger partial charge on any atom is 0.266 e. The van der Waals surface area contributed by atoms with Crippen LogP contribution >= 0.6 is 11.8 Å². The zero-order valence-electron chi connectivity index (χ0n) is 12.7. The monoisotopic (exact) mass is 325 g/mol. The van der Waals surface area contributed by atoms with Gasteiger partial charge in [0.15, 0.2) is 11.0 Å². The molecule has 1 amide bonds. The zero-order valence-corrected chi connectivity index (χ0v) is 13.5. The summed E-state index contributed by atoms with van der Waals surface area (Å²) in [5.74, 6) is 0.558. The van der Waals surface area contributed by atoms with Crippen molar-refractivity contribution in [2.24, 2.45) is 4.99 Å². The number of thioether (sulfide) groups is 1. The van der Waals surface area contributed by atoms with Crippen molar-refractivity contribution in [3.8, 4) is 5.75 Å². The van der Waals surface area contributed by atoms with Gasteiger partial charge in [-0.3, -0.25) is 9.69 Å². The number of carbonyl (C=O) groups excluding carboxylic acids is 1. The van der Waals surface area contributed by atoms with Gasteiger partial charge in [-0.1, -0.05) is 24.3 Å². The van der Waals surface area contributed by atoms with E-state index in [0.717, 1.165) is 5.69 Å². The first-order chi connectivity index (χ1) is 11.0. The number of aliphatic imine (C=N–C) groups is 1. The predicted molar refractivity (Wildman–Crippen MR) is 92.5 cm³/mol. The number of phenols is 1. The van der Waals surface area contributed by atoms with Crippen molar-refractivity contribution < 1.29 is 9.90 Å². The van der Waals surface area contributed by atoms with Crippen LogP contribution < -0.4 is 0 Å². The second-order valence-electron chi connectivity index (χ2n) is 5.07. The summed E-state index contributed by atoms with van der Waals surface area (Å²) in [4.78, 5) is 23.1. The van der Waals surface area contributed by atoms with Crippen LogP contribution in [0.2, 0.25) is 0 Å². The molecule has 3 rings (SSSR count). The molecular weight excluding hydrogens is 310 g/mol. The summed E-state index contributed by atoms with van der Waals surface area (Å²) in [5.41, 5.74) is 1.47. The van der Waals surface area contributed by atoms with Crippen LogP contribution in [0.4, 0.5) is 5.82 Å². The van der Waals surface area contributed by atoms with E-state index in [9.17, 15) is 9.90 Å². The molecule has 0 radical (unpaired) electrons. The minimum atomic E-state index is -0.148. The van der Waals surface area contributed by atoms with Crippen LogP contribution in [0.5, 0.6) is 5.75 Å². The molecule has 5 nitrogen and oxygen atoms in total. The molecule has 6 heteroatoms. The molecule has 1 fully saturated rings. The average Bonchev–Trinajstić information content (AvgIpc) is 2.78. The second-order valence-corrected chi connectivity index (χ2v) is 6.07. The van der Waals surface area contributed by atoms with Gasteiger partial charge in [-0.05, 0) is 43.0 Å². The Morgan fingerprint density at radius 2 is 2.00 bits per heavy atom. The Hall–Kier alpha value is -2.60. The van der Waals surface area contributed by atoms with Crippen LogP contribution in [0.15, 0.2) is 52.4 Å². The average molecular weight is 325 g/mol. The fraction of sp³-hybridized carbons (Fsp3) is 0.118. The van der Waals surface area contributed by atoms with Crippen molar-refractivity contribution >= 4 is 34.7 Å². The molecule has 1 aromatic carbocycles.